The van der Waals surface area contributed by atoms with E-state index in [4.69, 9.17) is 0 Å². The molecule has 0 spiro atoms. The fourth-order valence-corrected chi connectivity index (χ4v) is 3.35. The molecule has 0 atom stereocenters. The molecule has 1 aliphatic heterocycles. The quantitative estimate of drug-likeness (QED) is 0.445. The van der Waals surface area contributed by atoms with E-state index in [1.165, 1.54) is 18.2 Å². The monoisotopic (exact) mass is 419 g/mol. The van der Waals surface area contributed by atoms with Crippen LogP contribution in [0.3, 0.4) is 0 Å². The minimum atomic E-state index is -0.496. The summed E-state index contributed by atoms with van der Waals surface area (Å²) in [7, 11) is 0. The average Bonchev–Trinajstić information content (AvgIpc) is 2.88. The lowest BCUT2D eigenvalue weighted by Gasteiger charge is -2.00. The van der Waals surface area contributed by atoms with E-state index in [1.54, 1.807) is 30.3 Å². The third kappa shape index (κ3) is 4.06. The summed E-state index contributed by atoms with van der Waals surface area (Å²) < 4.78 is 0.453. The number of halogens is 1. The summed E-state index contributed by atoms with van der Waals surface area (Å²) in [4.78, 5) is 27.0. The maximum Gasteiger partial charge on any atom is 0.270 e. The van der Waals surface area contributed by atoms with E-state index in [9.17, 15) is 20.0 Å². The van der Waals surface area contributed by atoms with Crippen molar-refractivity contribution in [2.24, 2.45) is 4.99 Å². The SMILES string of the molecule is O=C1NC(=Nc2ccc([N+](=O)[O-])cc2Br)S/C1=C/c1cccc(O)c1. The van der Waals surface area contributed by atoms with Gasteiger partial charge in [0, 0.05) is 12.1 Å². The van der Waals surface area contributed by atoms with Crippen molar-refractivity contribution in [2.45, 2.75) is 0 Å². The highest BCUT2D eigenvalue weighted by atomic mass is 79.9. The highest BCUT2D eigenvalue weighted by molar-refractivity contribution is 9.10. The molecule has 2 N–H and O–H groups in total. The van der Waals surface area contributed by atoms with Gasteiger partial charge in [-0.2, -0.15) is 0 Å². The molecule has 9 heteroatoms. The lowest BCUT2D eigenvalue weighted by molar-refractivity contribution is -0.384. The van der Waals surface area contributed by atoms with Crippen LogP contribution in [-0.2, 0) is 4.79 Å². The van der Waals surface area contributed by atoms with Crippen molar-refractivity contribution >= 4 is 56.2 Å². The normalized spacial score (nSPS) is 17.1. The van der Waals surface area contributed by atoms with Gasteiger partial charge in [0.05, 0.1) is 20.0 Å². The van der Waals surface area contributed by atoms with E-state index in [0.29, 0.717) is 25.8 Å². The number of nitro benzene ring substituents is 1. The molecular formula is C16H10BrN3O4S. The Hall–Kier alpha value is -2.65. The molecule has 1 amide bonds. The van der Waals surface area contributed by atoms with Crippen LogP contribution in [0.15, 0.2) is 56.8 Å². The molecule has 126 valence electrons. The second-order valence-electron chi connectivity index (χ2n) is 4.97. The number of carbonyl (C=O) groups excluding carboxylic acids is 1. The number of nitro groups is 1. The van der Waals surface area contributed by atoms with Crippen molar-refractivity contribution in [2.75, 3.05) is 0 Å². The number of amidine groups is 1. The Balaban J connectivity index is 1.85. The van der Waals surface area contributed by atoms with Crippen LogP contribution in [0.1, 0.15) is 5.56 Å². The number of amides is 1. The van der Waals surface area contributed by atoms with Crippen LogP contribution in [0, 0.1) is 10.1 Å². The summed E-state index contributed by atoms with van der Waals surface area (Å²) >= 11 is 4.39. The number of aliphatic imine (C=N–C) groups is 1. The van der Waals surface area contributed by atoms with Crippen LogP contribution in [0.25, 0.3) is 6.08 Å². The van der Waals surface area contributed by atoms with Crippen molar-refractivity contribution in [1.29, 1.82) is 0 Å². The van der Waals surface area contributed by atoms with Gasteiger partial charge in [-0.15, -0.1) is 0 Å². The number of benzene rings is 2. The Labute approximate surface area is 154 Å². The van der Waals surface area contributed by atoms with Gasteiger partial charge in [0.1, 0.15) is 5.75 Å². The number of phenolic OH excluding ortho intramolecular Hbond substituents is 1. The number of rotatable bonds is 3. The van der Waals surface area contributed by atoms with E-state index >= 15 is 0 Å². The summed E-state index contributed by atoms with van der Waals surface area (Å²) in [5.74, 6) is -0.188. The van der Waals surface area contributed by atoms with Crippen molar-refractivity contribution in [1.82, 2.24) is 5.32 Å². The van der Waals surface area contributed by atoms with E-state index < -0.39 is 4.92 Å². The first-order chi connectivity index (χ1) is 11.9. The van der Waals surface area contributed by atoms with Crippen molar-refractivity contribution in [3.8, 4) is 5.75 Å². The number of phenols is 1. The van der Waals surface area contributed by atoms with E-state index in [-0.39, 0.29) is 17.3 Å². The van der Waals surface area contributed by atoms with Crippen LogP contribution in [-0.4, -0.2) is 21.1 Å². The first kappa shape index (κ1) is 17.2. The Morgan fingerprint density at radius 2 is 2.08 bits per heavy atom. The zero-order valence-electron chi connectivity index (χ0n) is 12.5. The van der Waals surface area contributed by atoms with E-state index in [0.717, 1.165) is 11.8 Å². The van der Waals surface area contributed by atoms with Gasteiger partial charge in [-0.3, -0.25) is 14.9 Å². The smallest absolute Gasteiger partial charge is 0.270 e. The number of thioether (sulfide) groups is 1. The van der Waals surface area contributed by atoms with Crippen LogP contribution in [0.4, 0.5) is 11.4 Å². The van der Waals surface area contributed by atoms with Gasteiger partial charge >= 0.3 is 0 Å². The Morgan fingerprint density at radius 1 is 1.28 bits per heavy atom. The number of aromatic hydroxyl groups is 1. The number of hydrogen-bond donors (Lipinski definition) is 2. The molecule has 0 bridgehead atoms. The van der Waals surface area contributed by atoms with Gasteiger partial charge < -0.3 is 10.4 Å². The van der Waals surface area contributed by atoms with E-state index in [1.807, 2.05) is 0 Å². The molecule has 3 rings (SSSR count). The highest BCUT2D eigenvalue weighted by Crippen LogP contribution is 2.33. The minimum Gasteiger partial charge on any atom is -0.508 e. The molecule has 0 unspecified atom stereocenters. The van der Waals surface area contributed by atoms with Crippen LogP contribution in [0.2, 0.25) is 0 Å². The van der Waals surface area contributed by atoms with Crippen LogP contribution < -0.4 is 5.32 Å². The Kier molecular flexibility index (Phi) is 4.86. The lowest BCUT2D eigenvalue weighted by atomic mass is 10.2. The van der Waals surface area contributed by atoms with Gasteiger partial charge in [-0.25, -0.2) is 4.99 Å². The predicted molar refractivity (Wildman–Crippen MR) is 99.7 cm³/mol. The largest absolute Gasteiger partial charge is 0.508 e. The molecule has 25 heavy (non-hydrogen) atoms. The average molecular weight is 420 g/mol. The second-order valence-corrected chi connectivity index (χ2v) is 6.85. The molecule has 7 nitrogen and oxygen atoms in total. The molecule has 0 radical (unpaired) electrons. The van der Waals surface area contributed by atoms with Gasteiger partial charge in [0.2, 0.25) is 0 Å². The predicted octanol–water partition coefficient (Wildman–Crippen LogP) is 3.95. The topological polar surface area (TPSA) is 105 Å². The maximum absolute atomic E-state index is 12.0. The molecule has 1 heterocycles. The van der Waals surface area contributed by atoms with Crippen molar-refractivity contribution < 1.29 is 14.8 Å². The standard InChI is InChI=1S/C16H10BrN3O4S/c17-12-8-10(20(23)24)4-5-13(12)18-16-19-15(22)14(25-16)7-9-2-1-3-11(21)6-9/h1-8,21H,(H,18,19,22)/b14-7+. The third-order valence-electron chi connectivity index (χ3n) is 3.18. The second kappa shape index (κ2) is 7.08. The van der Waals surface area contributed by atoms with Gasteiger partial charge in [0.15, 0.2) is 5.17 Å². The maximum atomic E-state index is 12.0. The summed E-state index contributed by atoms with van der Waals surface area (Å²) in [6, 6.07) is 10.7. The lowest BCUT2D eigenvalue weighted by Crippen LogP contribution is -2.19. The molecule has 1 saturated heterocycles. The molecule has 2 aromatic carbocycles. The molecule has 0 saturated carbocycles. The molecule has 0 aromatic heterocycles. The minimum absolute atomic E-state index is 0.0524. The fourth-order valence-electron chi connectivity index (χ4n) is 2.06. The van der Waals surface area contributed by atoms with E-state index in [2.05, 4.69) is 26.2 Å². The zero-order valence-corrected chi connectivity index (χ0v) is 14.9. The first-order valence-corrected chi connectivity index (χ1v) is 8.56. The first-order valence-electron chi connectivity index (χ1n) is 6.95. The van der Waals surface area contributed by atoms with Gasteiger partial charge in [-0.05, 0) is 57.5 Å². The van der Waals surface area contributed by atoms with Crippen LogP contribution >= 0.6 is 27.7 Å². The number of nitrogens with one attached hydrogen (secondary N) is 1. The number of nitrogens with zero attached hydrogens (tertiary/aromatic N) is 2. The number of hydrogen-bond acceptors (Lipinski definition) is 6. The molecule has 1 fully saturated rings. The molecule has 1 aliphatic rings. The summed E-state index contributed by atoms with van der Waals surface area (Å²) in [5, 5.41) is 23.2. The zero-order chi connectivity index (χ0) is 18.0. The molecular weight excluding hydrogens is 410 g/mol. The molecule has 0 aliphatic carbocycles. The molecule has 2 aromatic rings. The van der Waals surface area contributed by atoms with Crippen molar-refractivity contribution in [3.63, 3.8) is 0 Å². The fraction of sp³-hybridized carbons (Fsp3) is 0. The highest BCUT2D eigenvalue weighted by Gasteiger charge is 2.24. The summed E-state index contributed by atoms with van der Waals surface area (Å²) in [6.45, 7) is 0. The number of non-ortho nitro benzene ring substituents is 1. The summed E-state index contributed by atoms with van der Waals surface area (Å²) in [5.41, 5.74) is 1.10. The van der Waals surface area contributed by atoms with Gasteiger partial charge in [-0.1, -0.05) is 12.1 Å². The Bertz CT molecular complexity index is 943. The van der Waals surface area contributed by atoms with Gasteiger partial charge in [0.25, 0.3) is 11.6 Å². The van der Waals surface area contributed by atoms with Crippen molar-refractivity contribution in [3.05, 3.63) is 67.5 Å². The Morgan fingerprint density at radius 3 is 2.76 bits per heavy atom. The summed E-state index contributed by atoms with van der Waals surface area (Å²) in [6.07, 6.45) is 1.65. The number of carbonyl (C=O) groups is 1. The van der Waals surface area contributed by atoms with Crippen LogP contribution in [0.5, 0.6) is 5.75 Å². The third-order valence-corrected chi connectivity index (χ3v) is 4.73.